The predicted molar refractivity (Wildman–Crippen MR) is 113 cm³/mol. The number of fused-ring (bicyclic) bond motifs is 1. The van der Waals surface area contributed by atoms with Gasteiger partial charge in [0.2, 0.25) is 5.52 Å². The minimum atomic E-state index is -3.88. The van der Waals surface area contributed by atoms with Crippen LogP contribution in [0.1, 0.15) is 27.7 Å². The number of hydrogen-bond acceptors (Lipinski definition) is 7. The smallest absolute Gasteiger partial charge is 0.361 e. The zero-order chi connectivity index (χ0) is 20.6. The summed E-state index contributed by atoms with van der Waals surface area (Å²) < 4.78 is 49.2. The van der Waals surface area contributed by atoms with Gasteiger partial charge in [0.05, 0.1) is 26.4 Å². The largest absolute Gasteiger partial charge is 0.365 e. The highest BCUT2D eigenvalue weighted by molar-refractivity contribution is 7.72. The topological polar surface area (TPSA) is 83.1 Å². The maximum absolute atomic E-state index is 13.6. The van der Waals surface area contributed by atoms with Gasteiger partial charge in [0.15, 0.2) is 0 Å². The monoisotopic (exact) mass is 429 g/mol. The Balaban J connectivity index is 2.59. The first-order valence-corrected chi connectivity index (χ1v) is 12.7. The highest BCUT2D eigenvalue weighted by atomic mass is 31.2. The predicted octanol–water partition coefficient (Wildman–Crippen LogP) is 6.07. The zero-order valence-corrected chi connectivity index (χ0v) is 18.6. The minimum Gasteiger partial charge on any atom is -0.361 e. The Kier molecular flexibility index (Phi) is 8.69. The van der Waals surface area contributed by atoms with Gasteiger partial charge in [0.1, 0.15) is 0 Å². The number of benzene rings is 2. The first kappa shape index (κ1) is 23.1. The highest BCUT2D eigenvalue weighted by Crippen LogP contribution is 2.70. The van der Waals surface area contributed by atoms with E-state index in [1.54, 1.807) is 27.7 Å². The van der Waals surface area contributed by atoms with Crippen molar-refractivity contribution in [2.24, 2.45) is 0 Å². The van der Waals surface area contributed by atoms with Gasteiger partial charge in [0, 0.05) is 11.1 Å². The molecule has 2 aromatic carbocycles. The van der Waals surface area contributed by atoms with E-state index in [1.807, 2.05) is 42.5 Å². The van der Waals surface area contributed by atoms with Gasteiger partial charge in [0.25, 0.3) is 0 Å². The molecule has 28 heavy (non-hydrogen) atoms. The lowest BCUT2D eigenvalue weighted by Crippen LogP contribution is -2.25. The van der Waals surface area contributed by atoms with Crippen LogP contribution in [-0.2, 0) is 27.2 Å². The van der Waals surface area contributed by atoms with Crippen molar-refractivity contribution in [2.75, 3.05) is 31.7 Å². The van der Waals surface area contributed by atoms with Crippen LogP contribution in [0, 0.1) is 0 Å². The molecule has 9 heteroatoms. The van der Waals surface area contributed by atoms with Gasteiger partial charge >= 0.3 is 15.2 Å². The van der Waals surface area contributed by atoms with Crippen LogP contribution in [-0.4, -0.2) is 32.0 Å². The Morgan fingerprint density at radius 2 is 1.21 bits per heavy atom. The lowest BCUT2D eigenvalue weighted by atomic mass is 10.1. The maximum atomic E-state index is 13.6. The Morgan fingerprint density at radius 1 is 0.750 bits per heavy atom. The van der Waals surface area contributed by atoms with E-state index in [9.17, 15) is 9.13 Å². The van der Waals surface area contributed by atoms with E-state index in [0.29, 0.717) is 5.69 Å². The summed E-state index contributed by atoms with van der Waals surface area (Å²) in [5, 5.41) is 4.98. The molecular formula is C19H29NO6P2. The molecule has 0 aliphatic carbocycles. The fraction of sp³-hybridized carbons (Fsp3) is 0.474. The molecule has 0 saturated heterocycles. The molecule has 7 nitrogen and oxygen atoms in total. The Labute approximate surface area is 166 Å². The fourth-order valence-electron chi connectivity index (χ4n) is 2.90. The average Bonchev–Trinajstić information content (AvgIpc) is 2.66. The lowest BCUT2D eigenvalue weighted by molar-refractivity contribution is 0.198. The molecule has 0 aromatic heterocycles. The van der Waals surface area contributed by atoms with E-state index < -0.39 is 20.7 Å². The average molecular weight is 429 g/mol. The molecule has 0 amide bonds. The van der Waals surface area contributed by atoms with E-state index >= 15 is 0 Å². The van der Waals surface area contributed by atoms with Crippen molar-refractivity contribution in [1.29, 1.82) is 0 Å². The second-order valence-corrected chi connectivity index (χ2v) is 10.4. The summed E-state index contributed by atoms with van der Waals surface area (Å²) in [6.07, 6.45) is 0. The second kappa shape index (κ2) is 10.5. The second-order valence-electron chi connectivity index (χ2n) is 5.80. The summed E-state index contributed by atoms with van der Waals surface area (Å²) in [6, 6.07) is 13.4. The van der Waals surface area contributed by atoms with Gasteiger partial charge in [-0.15, -0.1) is 0 Å². The standard InChI is InChI=1S/C19H29NO6P2/c1-5-23-27(21,24-6-2)19(28(22,25-7-3)26-8-4)20-18-15-11-13-16-12-9-10-14-17(16)18/h9-15,19-20H,5-8H2,1-4H3. The van der Waals surface area contributed by atoms with Crippen molar-refractivity contribution in [3.8, 4) is 0 Å². The first-order valence-electron chi connectivity index (χ1n) is 9.46. The molecule has 0 spiro atoms. The third-order valence-corrected chi connectivity index (χ3v) is 9.54. The van der Waals surface area contributed by atoms with Crippen LogP contribution in [0.15, 0.2) is 42.5 Å². The third-order valence-electron chi connectivity index (χ3n) is 3.91. The molecular weight excluding hydrogens is 400 g/mol. The molecule has 0 unspecified atom stereocenters. The molecule has 0 fully saturated rings. The van der Waals surface area contributed by atoms with E-state index in [4.69, 9.17) is 18.1 Å². The van der Waals surface area contributed by atoms with E-state index in [0.717, 1.165) is 10.8 Å². The Bertz CT molecular complexity index is 804. The van der Waals surface area contributed by atoms with Crippen molar-refractivity contribution in [1.82, 2.24) is 0 Å². The van der Waals surface area contributed by atoms with E-state index in [-0.39, 0.29) is 26.4 Å². The van der Waals surface area contributed by atoms with Crippen LogP contribution in [0.5, 0.6) is 0 Å². The van der Waals surface area contributed by atoms with Crippen LogP contribution >= 0.6 is 15.2 Å². The van der Waals surface area contributed by atoms with Crippen LogP contribution < -0.4 is 5.32 Å². The van der Waals surface area contributed by atoms with Crippen LogP contribution in [0.3, 0.4) is 0 Å². The number of nitrogens with one attached hydrogen (secondary N) is 1. The fourth-order valence-corrected chi connectivity index (χ4v) is 7.83. The summed E-state index contributed by atoms with van der Waals surface area (Å²) in [4.78, 5) is 0. The summed E-state index contributed by atoms with van der Waals surface area (Å²) in [5.74, 6) is 0. The Hall–Kier alpha value is -1.20. The van der Waals surface area contributed by atoms with Crippen molar-refractivity contribution in [3.63, 3.8) is 0 Å². The molecule has 156 valence electrons. The van der Waals surface area contributed by atoms with Gasteiger partial charge in [-0.3, -0.25) is 9.13 Å². The molecule has 0 aliphatic heterocycles. The SMILES string of the molecule is CCOP(=O)(OCC)C(Nc1cccc2ccccc12)P(=O)(OCC)OCC. The molecule has 0 aliphatic rings. The van der Waals surface area contributed by atoms with Crippen molar-refractivity contribution in [2.45, 2.75) is 33.2 Å². The van der Waals surface area contributed by atoms with Gasteiger partial charge < -0.3 is 23.4 Å². The molecule has 0 bridgehead atoms. The molecule has 1 N–H and O–H groups in total. The highest BCUT2D eigenvalue weighted by Gasteiger charge is 2.51. The molecule has 0 atom stereocenters. The lowest BCUT2D eigenvalue weighted by Gasteiger charge is -2.32. The number of hydrogen-bond donors (Lipinski definition) is 1. The van der Waals surface area contributed by atoms with Gasteiger partial charge in [-0.25, -0.2) is 0 Å². The Morgan fingerprint density at radius 3 is 1.71 bits per heavy atom. The number of rotatable bonds is 12. The van der Waals surface area contributed by atoms with Crippen molar-refractivity contribution in [3.05, 3.63) is 42.5 Å². The summed E-state index contributed by atoms with van der Waals surface area (Å²) in [7, 11) is -7.76. The van der Waals surface area contributed by atoms with E-state index in [1.165, 1.54) is 0 Å². The minimum absolute atomic E-state index is 0.128. The summed E-state index contributed by atoms with van der Waals surface area (Å²) in [5.41, 5.74) is -0.659. The first-order chi connectivity index (χ1) is 13.4. The van der Waals surface area contributed by atoms with Gasteiger partial charge in [-0.2, -0.15) is 0 Å². The number of anilines is 1. The maximum Gasteiger partial charge on any atom is 0.365 e. The van der Waals surface area contributed by atoms with Crippen LogP contribution in [0.25, 0.3) is 10.8 Å². The summed E-state index contributed by atoms with van der Waals surface area (Å²) in [6.45, 7) is 7.32. The molecule has 0 radical (unpaired) electrons. The third kappa shape index (κ3) is 5.24. The molecule has 2 rings (SSSR count). The summed E-state index contributed by atoms with van der Waals surface area (Å²) >= 11 is 0. The van der Waals surface area contributed by atoms with E-state index in [2.05, 4.69) is 5.32 Å². The van der Waals surface area contributed by atoms with Crippen molar-refractivity contribution < 1.29 is 27.2 Å². The van der Waals surface area contributed by atoms with Crippen molar-refractivity contribution >= 4 is 31.7 Å². The van der Waals surface area contributed by atoms with Crippen LogP contribution in [0.4, 0.5) is 5.69 Å². The zero-order valence-electron chi connectivity index (χ0n) is 16.8. The van der Waals surface area contributed by atoms with Gasteiger partial charge in [-0.05, 0) is 39.1 Å². The normalized spacial score (nSPS) is 12.6. The van der Waals surface area contributed by atoms with Crippen LogP contribution in [0.2, 0.25) is 0 Å². The quantitative estimate of drug-likeness (QED) is 0.410. The molecule has 0 saturated carbocycles. The molecule has 2 aromatic rings. The van der Waals surface area contributed by atoms with Gasteiger partial charge in [-0.1, -0.05) is 36.4 Å². The molecule has 0 heterocycles.